The number of allylic oxidation sites excluding steroid dienone is 4. The van der Waals surface area contributed by atoms with Gasteiger partial charge in [0.05, 0.1) is 12.2 Å². The van der Waals surface area contributed by atoms with Gasteiger partial charge in [0.25, 0.3) is 0 Å². The first-order valence-electron chi connectivity index (χ1n) is 13.7. The maximum absolute atomic E-state index is 15.7. The molecule has 0 radical (unpaired) electrons. The Bertz CT molecular complexity index is 1070. The number of hydrogen-bond acceptors (Lipinski definition) is 8. The number of alkyl halides is 1. The zero-order valence-electron chi connectivity index (χ0n) is 22.2. The normalized spacial score (nSPS) is 44.9. The largest absolute Gasteiger partial charge is 0.441 e. The zero-order valence-corrected chi connectivity index (χ0v) is 23.0. The van der Waals surface area contributed by atoms with E-state index in [9.17, 15) is 19.5 Å². The van der Waals surface area contributed by atoms with E-state index in [2.05, 4.69) is 17.9 Å². The number of hydrogen-bond donors (Lipinski definition) is 3. The van der Waals surface area contributed by atoms with Gasteiger partial charge in [0.15, 0.2) is 24.3 Å². The van der Waals surface area contributed by atoms with E-state index in [1.54, 1.807) is 6.08 Å². The minimum absolute atomic E-state index is 0.155. The Kier molecular flexibility index (Phi) is 7.33. The van der Waals surface area contributed by atoms with Crippen LogP contribution in [0.15, 0.2) is 23.8 Å². The van der Waals surface area contributed by atoms with Crippen molar-refractivity contribution in [1.82, 2.24) is 5.32 Å². The Balaban J connectivity index is 1.49. The number of thiol groups is 1. The first-order chi connectivity index (χ1) is 18.0. The van der Waals surface area contributed by atoms with Gasteiger partial charge in [0.1, 0.15) is 6.17 Å². The molecule has 38 heavy (non-hydrogen) atoms. The highest BCUT2D eigenvalue weighted by Gasteiger charge is 2.76. The molecule has 8 nitrogen and oxygen atoms in total. The maximum Gasteiger partial charge on any atom is 0.407 e. The number of fused-ring (bicyclic) bond motifs is 7. The summed E-state index contributed by atoms with van der Waals surface area (Å²) in [7, 11) is 0. The highest BCUT2D eigenvalue weighted by atomic mass is 32.1. The number of aliphatic hydroxyl groups is 1. The fourth-order valence-corrected chi connectivity index (χ4v) is 8.57. The lowest BCUT2D eigenvalue weighted by molar-refractivity contribution is -0.202. The van der Waals surface area contributed by atoms with E-state index in [1.165, 1.54) is 12.2 Å². The second kappa shape index (κ2) is 10.0. The van der Waals surface area contributed by atoms with Crippen molar-refractivity contribution in [2.75, 3.05) is 18.9 Å². The van der Waals surface area contributed by atoms with Crippen LogP contribution < -0.4 is 5.32 Å². The van der Waals surface area contributed by atoms with Crippen molar-refractivity contribution in [1.29, 1.82) is 0 Å². The van der Waals surface area contributed by atoms with Crippen LogP contribution in [0.2, 0.25) is 0 Å². The highest BCUT2D eigenvalue weighted by molar-refractivity contribution is 7.80. The smallest absolute Gasteiger partial charge is 0.407 e. The zero-order chi connectivity index (χ0) is 27.5. The van der Waals surface area contributed by atoms with Crippen LogP contribution in [0.1, 0.15) is 52.9 Å². The van der Waals surface area contributed by atoms with Crippen LogP contribution in [0, 0.1) is 28.6 Å². The fourth-order valence-electron chi connectivity index (χ4n) is 8.46. The summed E-state index contributed by atoms with van der Waals surface area (Å²) >= 11 is 4.06. The molecule has 5 rings (SSSR count). The van der Waals surface area contributed by atoms with Crippen molar-refractivity contribution in [3.63, 3.8) is 0 Å². The average Bonchev–Trinajstić information content (AvgIpc) is 3.34. The molecule has 1 amide bonds. The molecular weight excluding hydrogens is 513 g/mol. The summed E-state index contributed by atoms with van der Waals surface area (Å²) in [5.41, 5.74) is -2.66. The number of amides is 1. The van der Waals surface area contributed by atoms with Crippen molar-refractivity contribution in [3.05, 3.63) is 23.8 Å². The van der Waals surface area contributed by atoms with Crippen molar-refractivity contribution >= 4 is 30.3 Å². The molecule has 4 aliphatic carbocycles. The molecule has 0 aromatic carbocycles. The van der Waals surface area contributed by atoms with E-state index < -0.39 is 59.6 Å². The van der Waals surface area contributed by atoms with Crippen LogP contribution in [0.25, 0.3) is 0 Å². The molecule has 3 saturated carbocycles. The number of nitrogens with one attached hydrogen (secondary N) is 1. The molecule has 0 aromatic rings. The lowest BCUT2D eigenvalue weighted by Gasteiger charge is -2.60. The number of ether oxygens (including phenoxy) is 3. The van der Waals surface area contributed by atoms with Crippen LogP contribution in [0.4, 0.5) is 9.18 Å². The third-order valence-electron chi connectivity index (χ3n) is 9.92. The Morgan fingerprint density at radius 3 is 2.79 bits per heavy atom. The number of carbonyl (C=O) groups excluding carboxylic acids is 3. The molecule has 0 spiro atoms. The summed E-state index contributed by atoms with van der Waals surface area (Å²) < 4.78 is 33.8. The third-order valence-corrected chi connectivity index (χ3v) is 10.1. The molecule has 1 aliphatic heterocycles. The van der Waals surface area contributed by atoms with Gasteiger partial charge in [-0.2, -0.15) is 12.6 Å². The fraction of sp³-hybridized carbons (Fsp3) is 0.750. The summed E-state index contributed by atoms with van der Waals surface area (Å²) in [5.74, 6) is -0.960. The number of ketones is 2. The van der Waals surface area contributed by atoms with Crippen molar-refractivity contribution in [2.45, 2.75) is 83.1 Å². The molecule has 1 saturated heterocycles. The summed E-state index contributed by atoms with van der Waals surface area (Å²) in [6.07, 6.45) is 2.78. The Hall–Kier alpha value is -1.75. The second-order valence-corrected chi connectivity index (χ2v) is 12.3. The van der Waals surface area contributed by atoms with Crippen LogP contribution >= 0.6 is 12.6 Å². The van der Waals surface area contributed by atoms with Crippen LogP contribution in [0.5, 0.6) is 0 Å². The summed E-state index contributed by atoms with van der Waals surface area (Å²) in [6.45, 7) is 5.65. The van der Waals surface area contributed by atoms with Gasteiger partial charge in [-0.05, 0) is 55.2 Å². The van der Waals surface area contributed by atoms with Gasteiger partial charge in [0.2, 0.25) is 5.78 Å². The van der Waals surface area contributed by atoms with Crippen LogP contribution in [0.3, 0.4) is 0 Å². The quantitative estimate of drug-likeness (QED) is 0.416. The number of aliphatic hydroxyl groups excluding tert-OH is 1. The molecule has 0 aromatic heterocycles. The van der Waals surface area contributed by atoms with Crippen LogP contribution in [-0.4, -0.2) is 71.9 Å². The highest BCUT2D eigenvalue weighted by Crippen LogP contribution is 2.70. The summed E-state index contributed by atoms with van der Waals surface area (Å²) in [6, 6.07) is 0. The molecule has 10 heteroatoms. The predicted molar refractivity (Wildman–Crippen MR) is 139 cm³/mol. The lowest BCUT2D eigenvalue weighted by Crippen LogP contribution is -2.64. The monoisotopic (exact) mass is 551 g/mol. The molecule has 10 atom stereocenters. The van der Waals surface area contributed by atoms with E-state index in [0.717, 1.165) is 6.42 Å². The van der Waals surface area contributed by atoms with E-state index >= 15 is 4.39 Å². The van der Waals surface area contributed by atoms with Gasteiger partial charge in [-0.3, -0.25) is 9.59 Å². The van der Waals surface area contributed by atoms with E-state index in [0.29, 0.717) is 30.7 Å². The minimum Gasteiger partial charge on any atom is -0.441 e. The Morgan fingerprint density at radius 2 is 2.08 bits per heavy atom. The van der Waals surface area contributed by atoms with Gasteiger partial charge in [-0.1, -0.05) is 33.3 Å². The topological polar surface area (TPSA) is 111 Å². The maximum atomic E-state index is 15.7. The molecule has 210 valence electrons. The molecule has 2 N–H and O–H groups in total. The Morgan fingerprint density at radius 1 is 1.32 bits per heavy atom. The second-order valence-electron chi connectivity index (χ2n) is 11.9. The SMILES string of the molecule is CCCC1O[C@@H]2C[C@H]3[C@@H]4C[C@H](F)C5=CC(=O)C=C[C@]5(C)[C@H]4[C@@H](O)C[C@]3(C)[C@]2(C(=O)COC(=O)NCCS)O1. The number of Topliss-reactive ketones (excluding diaryl/α,β-unsaturated/α-hetero) is 1. The van der Waals surface area contributed by atoms with Gasteiger partial charge in [-0.15, -0.1) is 0 Å². The number of rotatable bonds is 7. The first kappa shape index (κ1) is 27.8. The van der Waals surface area contributed by atoms with E-state index in [-0.39, 0.29) is 36.4 Å². The number of carbonyl (C=O) groups is 3. The first-order valence-corrected chi connectivity index (χ1v) is 14.3. The van der Waals surface area contributed by atoms with Gasteiger partial charge < -0.3 is 24.6 Å². The van der Waals surface area contributed by atoms with E-state index in [4.69, 9.17) is 14.2 Å². The number of alkyl carbamates (subject to hydrolysis) is 1. The van der Waals surface area contributed by atoms with Gasteiger partial charge >= 0.3 is 6.09 Å². The Labute approximate surface area is 228 Å². The predicted octanol–water partition coefficient (Wildman–Crippen LogP) is 3.33. The van der Waals surface area contributed by atoms with E-state index in [1.807, 2.05) is 20.8 Å². The molecule has 1 heterocycles. The standard InChI is InChI=1S/C28H38FNO7S/c1-4-5-23-36-22-12-17-16-11-19(29)18-10-15(31)6-7-26(18,2)24(16)20(32)13-27(17,3)28(22,37-23)21(33)14-35-25(34)30-8-9-38/h6-7,10,16-17,19-20,22-24,32,38H,4-5,8-9,11-14H2,1-3H3,(H,30,34)/t16-,17-,19-,20-,22+,23?,24+,26-,27-,28+/m0/s1. The lowest BCUT2D eigenvalue weighted by atomic mass is 9.46. The van der Waals surface area contributed by atoms with Crippen molar-refractivity contribution in [2.24, 2.45) is 28.6 Å². The molecule has 0 bridgehead atoms. The molecule has 4 fully saturated rings. The van der Waals surface area contributed by atoms with Crippen molar-refractivity contribution in [3.8, 4) is 0 Å². The third kappa shape index (κ3) is 4.00. The minimum atomic E-state index is -1.42. The molecular formula is C28H38FNO7S. The summed E-state index contributed by atoms with van der Waals surface area (Å²) in [4.78, 5) is 38.1. The average molecular weight is 552 g/mol. The number of halogens is 1. The molecule has 1 unspecified atom stereocenters. The van der Waals surface area contributed by atoms with Gasteiger partial charge in [0, 0.05) is 29.0 Å². The summed E-state index contributed by atoms with van der Waals surface area (Å²) in [5, 5.41) is 14.2. The van der Waals surface area contributed by atoms with Gasteiger partial charge in [-0.25, -0.2) is 9.18 Å². The van der Waals surface area contributed by atoms with Crippen LogP contribution in [-0.2, 0) is 23.8 Å². The molecule has 5 aliphatic rings. The van der Waals surface area contributed by atoms with Crippen molar-refractivity contribution < 1.29 is 38.1 Å².